The number of thioether (sulfide) groups is 1. The molecule has 10 heteroatoms. The Labute approximate surface area is 193 Å². The first-order valence-corrected chi connectivity index (χ1v) is 11.6. The molecule has 3 aromatic heterocycles. The van der Waals surface area contributed by atoms with E-state index in [1.54, 1.807) is 18.1 Å². The van der Waals surface area contributed by atoms with Crippen molar-refractivity contribution in [3.8, 4) is 11.4 Å². The third-order valence-electron chi connectivity index (χ3n) is 5.49. The molecule has 0 fully saturated rings. The number of aromatic nitrogens is 8. The molecule has 0 aliphatic carbocycles. The van der Waals surface area contributed by atoms with E-state index < -0.39 is 0 Å². The van der Waals surface area contributed by atoms with Gasteiger partial charge in [0.15, 0.2) is 11.3 Å². The van der Waals surface area contributed by atoms with Crippen molar-refractivity contribution in [2.24, 2.45) is 0 Å². The minimum Gasteiger partial charge on any atom is -0.329 e. The van der Waals surface area contributed by atoms with Crippen molar-refractivity contribution in [1.82, 2.24) is 40.6 Å². The number of tetrazole rings is 1. The molecule has 8 nitrogen and oxygen atoms in total. The second-order valence-electron chi connectivity index (χ2n) is 7.51. The number of imidazole rings is 2. The highest BCUT2D eigenvalue weighted by molar-refractivity contribution is 7.98. The van der Waals surface area contributed by atoms with Gasteiger partial charge in [0.25, 0.3) is 0 Å². The zero-order valence-corrected chi connectivity index (χ0v) is 19.1. The largest absolute Gasteiger partial charge is 0.329 e. The molecule has 0 saturated heterocycles. The van der Waals surface area contributed by atoms with Crippen LogP contribution in [0.3, 0.4) is 0 Å². The standard InChI is InChI=1S/C22H21ClN8S/c1-3-15(19-26-21-22(27-19)25-11-24-21)13-7-8-17(12(2)9-13)32-10-14-5-4-6-16(18(14)23)20-28-30-31-29-20/h4-9,11,15H,3,10H2,1-2H3,(H,24,25)(H,26,27)(H,28,29,30,31). The number of aryl methyl sites for hydroxylation is 1. The summed E-state index contributed by atoms with van der Waals surface area (Å²) in [5.41, 5.74) is 5.87. The normalized spacial score (nSPS) is 12.5. The van der Waals surface area contributed by atoms with Crippen LogP contribution in [0.1, 0.15) is 41.8 Å². The van der Waals surface area contributed by atoms with E-state index in [2.05, 4.69) is 72.6 Å². The van der Waals surface area contributed by atoms with Crippen LogP contribution in [0.25, 0.3) is 22.7 Å². The summed E-state index contributed by atoms with van der Waals surface area (Å²) in [6.45, 7) is 4.32. The van der Waals surface area contributed by atoms with E-state index in [1.165, 1.54) is 16.0 Å². The Balaban J connectivity index is 1.35. The lowest BCUT2D eigenvalue weighted by atomic mass is 9.94. The van der Waals surface area contributed by atoms with Crippen molar-refractivity contribution in [2.75, 3.05) is 0 Å². The fourth-order valence-electron chi connectivity index (χ4n) is 3.83. The maximum absolute atomic E-state index is 6.63. The van der Waals surface area contributed by atoms with E-state index in [0.717, 1.165) is 40.4 Å². The fraction of sp³-hybridized carbons (Fsp3) is 0.227. The molecule has 0 radical (unpaired) electrons. The summed E-state index contributed by atoms with van der Waals surface area (Å²) in [7, 11) is 0. The fourth-order valence-corrected chi connectivity index (χ4v) is 5.19. The van der Waals surface area contributed by atoms with Gasteiger partial charge in [-0.15, -0.1) is 22.0 Å². The minimum absolute atomic E-state index is 0.191. The first-order valence-electron chi connectivity index (χ1n) is 10.3. The lowest BCUT2D eigenvalue weighted by Crippen LogP contribution is -2.03. The molecule has 0 saturated carbocycles. The van der Waals surface area contributed by atoms with E-state index in [-0.39, 0.29) is 5.92 Å². The maximum Gasteiger partial charge on any atom is 0.206 e. The summed E-state index contributed by atoms with van der Waals surface area (Å²) in [5.74, 6) is 2.37. The molecule has 1 unspecified atom stereocenters. The minimum atomic E-state index is 0.191. The molecule has 0 spiro atoms. The molecule has 0 aliphatic rings. The summed E-state index contributed by atoms with van der Waals surface area (Å²) in [6, 6.07) is 12.5. The molecular formula is C22H21ClN8S. The van der Waals surface area contributed by atoms with Crippen LogP contribution >= 0.6 is 23.4 Å². The van der Waals surface area contributed by atoms with Crippen LogP contribution in [0, 0.1) is 6.92 Å². The highest BCUT2D eigenvalue weighted by atomic mass is 35.5. The van der Waals surface area contributed by atoms with Gasteiger partial charge >= 0.3 is 0 Å². The summed E-state index contributed by atoms with van der Waals surface area (Å²) < 4.78 is 0. The monoisotopic (exact) mass is 464 g/mol. The average molecular weight is 465 g/mol. The predicted molar refractivity (Wildman–Crippen MR) is 126 cm³/mol. The van der Waals surface area contributed by atoms with Gasteiger partial charge in [-0.2, -0.15) is 5.21 Å². The third-order valence-corrected chi connectivity index (χ3v) is 7.16. The summed E-state index contributed by atoms with van der Waals surface area (Å²) >= 11 is 8.39. The molecule has 32 heavy (non-hydrogen) atoms. The highest BCUT2D eigenvalue weighted by Gasteiger charge is 2.18. The Morgan fingerprint density at radius 2 is 2.09 bits per heavy atom. The Hall–Kier alpha value is -3.17. The van der Waals surface area contributed by atoms with E-state index in [1.807, 2.05) is 18.2 Å². The molecule has 5 rings (SSSR count). The first-order chi connectivity index (χ1) is 15.6. The third kappa shape index (κ3) is 3.89. The van der Waals surface area contributed by atoms with Crippen molar-refractivity contribution in [2.45, 2.75) is 36.8 Å². The lowest BCUT2D eigenvalue weighted by Gasteiger charge is -2.15. The quantitative estimate of drug-likeness (QED) is 0.283. The number of nitrogens with zero attached hydrogens (tertiary/aromatic N) is 5. The van der Waals surface area contributed by atoms with Crippen LogP contribution < -0.4 is 0 Å². The molecule has 2 aromatic carbocycles. The van der Waals surface area contributed by atoms with E-state index >= 15 is 0 Å². The lowest BCUT2D eigenvalue weighted by molar-refractivity contribution is 0.729. The van der Waals surface area contributed by atoms with Gasteiger partial charge in [0.2, 0.25) is 5.82 Å². The SMILES string of the molecule is CCC(c1ccc(SCc2cccc(-c3nn[nH]n3)c2Cl)c(C)c1)c1nc2nc[nH]c2[nH]1. The second kappa shape index (κ2) is 8.76. The Morgan fingerprint density at radius 1 is 1.19 bits per heavy atom. The molecule has 3 heterocycles. The molecule has 162 valence electrons. The number of aromatic amines is 3. The Bertz CT molecular complexity index is 1330. The highest BCUT2D eigenvalue weighted by Crippen LogP contribution is 2.35. The number of rotatable bonds is 7. The van der Waals surface area contributed by atoms with E-state index in [9.17, 15) is 0 Å². The number of benzene rings is 2. The van der Waals surface area contributed by atoms with Crippen molar-refractivity contribution in [3.63, 3.8) is 0 Å². The summed E-state index contributed by atoms with van der Waals surface area (Å²) in [5, 5.41) is 14.8. The molecule has 1 atom stereocenters. The zero-order valence-electron chi connectivity index (χ0n) is 17.6. The van der Waals surface area contributed by atoms with Gasteiger partial charge in [-0.25, -0.2) is 9.97 Å². The molecule has 0 amide bonds. The van der Waals surface area contributed by atoms with Crippen LogP contribution in [0.5, 0.6) is 0 Å². The van der Waals surface area contributed by atoms with Gasteiger partial charge in [0, 0.05) is 22.1 Å². The zero-order chi connectivity index (χ0) is 22.1. The summed E-state index contributed by atoms with van der Waals surface area (Å²) in [4.78, 5) is 16.6. The maximum atomic E-state index is 6.63. The van der Waals surface area contributed by atoms with Crippen molar-refractivity contribution in [1.29, 1.82) is 0 Å². The van der Waals surface area contributed by atoms with E-state index in [0.29, 0.717) is 10.8 Å². The van der Waals surface area contributed by atoms with Crippen LogP contribution in [0.15, 0.2) is 47.6 Å². The predicted octanol–water partition coefficient (Wildman–Crippen LogP) is 5.26. The van der Waals surface area contributed by atoms with Gasteiger partial charge in [-0.1, -0.05) is 42.8 Å². The van der Waals surface area contributed by atoms with Gasteiger partial charge in [-0.3, -0.25) is 0 Å². The van der Waals surface area contributed by atoms with Crippen molar-refractivity contribution >= 4 is 34.7 Å². The van der Waals surface area contributed by atoms with Crippen LogP contribution in [-0.2, 0) is 5.75 Å². The van der Waals surface area contributed by atoms with Gasteiger partial charge in [0.1, 0.15) is 5.82 Å². The topological polar surface area (TPSA) is 112 Å². The van der Waals surface area contributed by atoms with Crippen molar-refractivity contribution in [3.05, 3.63) is 70.3 Å². The first kappa shape index (κ1) is 20.7. The van der Waals surface area contributed by atoms with Gasteiger partial charge in [-0.05, 0) is 47.4 Å². The molecule has 0 aliphatic heterocycles. The second-order valence-corrected chi connectivity index (χ2v) is 8.91. The number of fused-ring (bicyclic) bond motifs is 1. The smallest absolute Gasteiger partial charge is 0.206 e. The molecule has 3 N–H and O–H groups in total. The molecular weight excluding hydrogens is 444 g/mol. The number of halogens is 1. The number of hydrogen-bond acceptors (Lipinski definition) is 6. The van der Waals surface area contributed by atoms with Crippen LogP contribution in [0.2, 0.25) is 5.02 Å². The molecule has 5 aromatic rings. The van der Waals surface area contributed by atoms with Crippen LogP contribution in [-0.4, -0.2) is 40.6 Å². The summed E-state index contributed by atoms with van der Waals surface area (Å²) in [6.07, 6.45) is 2.60. The Kier molecular flexibility index (Phi) is 5.67. The number of hydrogen-bond donors (Lipinski definition) is 3. The van der Waals surface area contributed by atoms with Gasteiger partial charge < -0.3 is 9.97 Å². The molecule has 0 bridgehead atoms. The van der Waals surface area contributed by atoms with Crippen molar-refractivity contribution < 1.29 is 0 Å². The van der Waals surface area contributed by atoms with Gasteiger partial charge in [0.05, 0.1) is 11.3 Å². The van der Waals surface area contributed by atoms with E-state index in [4.69, 9.17) is 11.6 Å². The average Bonchev–Trinajstić information content (AvgIpc) is 3.53. The number of H-pyrrole nitrogens is 3. The Morgan fingerprint density at radius 3 is 2.84 bits per heavy atom. The van der Waals surface area contributed by atoms with Crippen LogP contribution in [0.4, 0.5) is 0 Å². The number of nitrogens with one attached hydrogen (secondary N) is 3.